The maximum absolute atomic E-state index is 13.9. The van der Waals surface area contributed by atoms with E-state index in [0.29, 0.717) is 37.0 Å². The number of aryl methyl sites for hydroxylation is 2. The summed E-state index contributed by atoms with van der Waals surface area (Å²) in [5.41, 5.74) is 2.29. The molecule has 1 aliphatic heterocycles. The Labute approximate surface area is 226 Å². The van der Waals surface area contributed by atoms with Crippen LogP contribution in [0.2, 0.25) is 0 Å². The monoisotopic (exact) mass is 559 g/mol. The predicted octanol–water partition coefficient (Wildman–Crippen LogP) is 3.95. The summed E-state index contributed by atoms with van der Waals surface area (Å²) < 4.78 is 25.7. The van der Waals surface area contributed by atoms with Crippen molar-refractivity contribution in [2.75, 3.05) is 23.8 Å². The highest BCUT2D eigenvalue weighted by Crippen LogP contribution is 2.36. The van der Waals surface area contributed by atoms with E-state index in [1.165, 1.54) is 16.6 Å². The molecule has 2 aromatic heterocycles. The van der Waals surface area contributed by atoms with E-state index < -0.39 is 9.84 Å². The fourth-order valence-electron chi connectivity index (χ4n) is 5.47. The summed E-state index contributed by atoms with van der Waals surface area (Å²) >= 11 is 2.91. The van der Waals surface area contributed by atoms with Crippen molar-refractivity contribution < 1.29 is 13.2 Å². The van der Waals surface area contributed by atoms with Crippen LogP contribution in [0, 0.1) is 5.92 Å². The van der Waals surface area contributed by atoms with Crippen LogP contribution in [0.3, 0.4) is 0 Å². The van der Waals surface area contributed by atoms with Crippen molar-refractivity contribution in [3.05, 3.63) is 56.7 Å². The third-order valence-electron chi connectivity index (χ3n) is 7.48. The number of carbonyl (C=O) groups is 1. The van der Waals surface area contributed by atoms with E-state index in [1.54, 1.807) is 20.8 Å². The standard InChI is InChI=1S/C27H33N3O4S3/c1-3-29(20-12-14-37(33,34)17-20)23(31)16-35-27-28-25-24(21-10-9-18(2)15-22(21)36-25)26(32)30(27)13-11-19-7-5-4-6-8-19/h4-8,18,20H,3,9-17H2,1-2H3/t18-,20-/m0/s1. The molecule has 3 heterocycles. The molecule has 0 N–H and O–H groups in total. The number of thioether (sulfide) groups is 1. The van der Waals surface area contributed by atoms with Gasteiger partial charge in [0.1, 0.15) is 4.83 Å². The van der Waals surface area contributed by atoms with Crippen LogP contribution in [-0.2, 0) is 40.4 Å². The molecule has 1 aromatic carbocycles. The minimum Gasteiger partial charge on any atom is -0.338 e. The van der Waals surface area contributed by atoms with E-state index in [0.717, 1.165) is 40.6 Å². The highest BCUT2D eigenvalue weighted by molar-refractivity contribution is 7.99. The molecule has 37 heavy (non-hydrogen) atoms. The summed E-state index contributed by atoms with van der Waals surface area (Å²) in [6.45, 7) is 5.08. The number of hydrogen-bond acceptors (Lipinski definition) is 7. The topological polar surface area (TPSA) is 89.3 Å². The van der Waals surface area contributed by atoms with Gasteiger partial charge in [0.05, 0.1) is 22.6 Å². The van der Waals surface area contributed by atoms with Gasteiger partial charge in [-0.25, -0.2) is 13.4 Å². The molecule has 5 rings (SSSR count). The lowest BCUT2D eigenvalue weighted by Crippen LogP contribution is -2.42. The van der Waals surface area contributed by atoms with E-state index in [1.807, 2.05) is 25.1 Å². The van der Waals surface area contributed by atoms with Gasteiger partial charge in [0.15, 0.2) is 15.0 Å². The normalized spacial score (nSPS) is 20.7. The number of nitrogens with zero attached hydrogens (tertiary/aromatic N) is 3. The number of rotatable bonds is 8. The molecule has 0 spiro atoms. The molecule has 0 unspecified atom stereocenters. The largest absolute Gasteiger partial charge is 0.338 e. The van der Waals surface area contributed by atoms with Crippen LogP contribution >= 0.6 is 23.1 Å². The van der Waals surface area contributed by atoms with E-state index in [-0.39, 0.29) is 34.8 Å². The molecule has 0 radical (unpaired) electrons. The summed E-state index contributed by atoms with van der Waals surface area (Å²) in [6, 6.07) is 9.79. The number of benzene rings is 1. The number of sulfone groups is 1. The molecule has 0 bridgehead atoms. The number of hydrogen-bond donors (Lipinski definition) is 0. The van der Waals surface area contributed by atoms with Gasteiger partial charge in [-0.05, 0) is 56.1 Å². The van der Waals surface area contributed by atoms with Crippen LogP contribution in [0.5, 0.6) is 0 Å². The molecule has 10 heteroatoms. The van der Waals surface area contributed by atoms with Gasteiger partial charge < -0.3 is 4.90 Å². The van der Waals surface area contributed by atoms with Crippen molar-refractivity contribution in [3.63, 3.8) is 0 Å². The molecule has 1 saturated heterocycles. The second-order valence-electron chi connectivity index (χ2n) is 10.1. The fraction of sp³-hybridized carbons (Fsp3) is 0.519. The van der Waals surface area contributed by atoms with Crippen molar-refractivity contribution in [1.29, 1.82) is 0 Å². The summed E-state index contributed by atoms with van der Waals surface area (Å²) in [5, 5.41) is 1.31. The molecular formula is C27H33N3O4S3. The van der Waals surface area contributed by atoms with Crippen molar-refractivity contribution in [1.82, 2.24) is 14.5 Å². The molecule has 2 aliphatic rings. The maximum Gasteiger partial charge on any atom is 0.263 e. The Kier molecular flexibility index (Phi) is 7.79. The molecule has 198 valence electrons. The van der Waals surface area contributed by atoms with Crippen molar-refractivity contribution in [3.8, 4) is 0 Å². The Morgan fingerprint density at radius 3 is 2.73 bits per heavy atom. The smallest absolute Gasteiger partial charge is 0.263 e. The van der Waals surface area contributed by atoms with Gasteiger partial charge >= 0.3 is 0 Å². The van der Waals surface area contributed by atoms with Crippen LogP contribution < -0.4 is 5.56 Å². The van der Waals surface area contributed by atoms with Gasteiger partial charge in [0.25, 0.3) is 5.56 Å². The van der Waals surface area contributed by atoms with Crippen LogP contribution in [-0.4, -0.2) is 58.6 Å². The van der Waals surface area contributed by atoms with Gasteiger partial charge in [0, 0.05) is 24.0 Å². The first kappa shape index (κ1) is 26.4. The average molecular weight is 560 g/mol. The molecular weight excluding hydrogens is 527 g/mol. The number of amides is 1. The van der Waals surface area contributed by atoms with Crippen LogP contribution in [0.25, 0.3) is 10.2 Å². The van der Waals surface area contributed by atoms with E-state index in [2.05, 4.69) is 19.1 Å². The van der Waals surface area contributed by atoms with E-state index in [4.69, 9.17) is 4.98 Å². The molecule has 7 nitrogen and oxygen atoms in total. The SMILES string of the molecule is CCN(C(=O)CSc1nc2sc3c(c2c(=O)n1CCc1ccccc1)CC[C@H](C)C3)[C@H]1CCS(=O)(=O)C1. The van der Waals surface area contributed by atoms with Crippen LogP contribution in [0.1, 0.15) is 42.7 Å². The Morgan fingerprint density at radius 1 is 1.24 bits per heavy atom. The Bertz CT molecular complexity index is 1460. The number of aromatic nitrogens is 2. The summed E-state index contributed by atoms with van der Waals surface area (Å²) in [7, 11) is -3.08. The summed E-state index contributed by atoms with van der Waals surface area (Å²) in [5.74, 6) is 0.774. The Morgan fingerprint density at radius 2 is 2.03 bits per heavy atom. The molecule has 2 atom stereocenters. The first-order valence-corrected chi connectivity index (χ1v) is 16.6. The molecule has 1 aliphatic carbocycles. The average Bonchev–Trinajstić information content (AvgIpc) is 3.42. The minimum absolute atomic E-state index is 0.0165. The Balaban J connectivity index is 1.44. The van der Waals surface area contributed by atoms with E-state index in [9.17, 15) is 18.0 Å². The third-order valence-corrected chi connectivity index (χ3v) is 11.3. The maximum atomic E-state index is 13.9. The number of carbonyl (C=O) groups excluding carboxylic acids is 1. The van der Waals surface area contributed by atoms with Crippen molar-refractivity contribution >= 4 is 49.1 Å². The summed E-state index contributed by atoms with van der Waals surface area (Å²) in [6.07, 6.45) is 4.15. The highest BCUT2D eigenvalue weighted by atomic mass is 32.2. The zero-order valence-electron chi connectivity index (χ0n) is 21.3. The quantitative estimate of drug-likeness (QED) is 0.307. The second kappa shape index (κ2) is 10.9. The van der Waals surface area contributed by atoms with Crippen LogP contribution in [0.15, 0.2) is 40.3 Å². The lowest BCUT2D eigenvalue weighted by atomic mass is 9.89. The lowest BCUT2D eigenvalue weighted by molar-refractivity contribution is -0.129. The zero-order valence-corrected chi connectivity index (χ0v) is 23.8. The predicted molar refractivity (Wildman–Crippen MR) is 150 cm³/mol. The Hall–Kier alpha value is -2.17. The highest BCUT2D eigenvalue weighted by Gasteiger charge is 2.34. The van der Waals surface area contributed by atoms with E-state index >= 15 is 0 Å². The third kappa shape index (κ3) is 5.66. The lowest BCUT2D eigenvalue weighted by Gasteiger charge is -2.26. The molecule has 3 aromatic rings. The van der Waals surface area contributed by atoms with Crippen molar-refractivity contribution in [2.24, 2.45) is 5.92 Å². The van der Waals surface area contributed by atoms with Crippen LogP contribution in [0.4, 0.5) is 0 Å². The summed E-state index contributed by atoms with van der Waals surface area (Å²) in [4.78, 5) is 35.7. The fourth-order valence-corrected chi connectivity index (χ4v) is 9.53. The molecule has 1 fully saturated rings. The van der Waals surface area contributed by atoms with Gasteiger partial charge in [-0.15, -0.1) is 11.3 Å². The number of thiophene rings is 1. The van der Waals surface area contributed by atoms with Gasteiger partial charge in [0.2, 0.25) is 5.91 Å². The molecule has 1 amide bonds. The zero-order chi connectivity index (χ0) is 26.2. The van der Waals surface area contributed by atoms with Gasteiger partial charge in [-0.2, -0.15) is 0 Å². The number of fused-ring (bicyclic) bond motifs is 3. The first-order chi connectivity index (χ1) is 17.8. The van der Waals surface area contributed by atoms with Crippen molar-refractivity contribution in [2.45, 2.75) is 63.7 Å². The minimum atomic E-state index is -3.08. The first-order valence-electron chi connectivity index (χ1n) is 13.0. The van der Waals surface area contributed by atoms with Gasteiger partial charge in [-0.3, -0.25) is 14.2 Å². The molecule has 0 saturated carbocycles. The second-order valence-corrected chi connectivity index (χ2v) is 14.4. The van der Waals surface area contributed by atoms with Gasteiger partial charge in [-0.1, -0.05) is 49.0 Å².